The van der Waals surface area contributed by atoms with Crippen molar-refractivity contribution in [1.82, 2.24) is 5.32 Å². The number of amides is 1. The fourth-order valence-corrected chi connectivity index (χ4v) is 3.79. The summed E-state index contributed by atoms with van der Waals surface area (Å²) in [6, 6.07) is 15.6. The fraction of sp³-hybridized carbons (Fsp3) is 0.238. The zero-order chi connectivity index (χ0) is 18.2. The van der Waals surface area contributed by atoms with Crippen LogP contribution in [-0.2, 0) is 0 Å². The van der Waals surface area contributed by atoms with Crippen LogP contribution in [0, 0.1) is 6.92 Å². The van der Waals surface area contributed by atoms with Crippen LogP contribution in [0.25, 0.3) is 5.57 Å². The van der Waals surface area contributed by atoms with E-state index >= 15 is 0 Å². The van der Waals surface area contributed by atoms with Crippen LogP contribution in [0.15, 0.2) is 54.6 Å². The largest absolute Gasteiger partial charge is 0.309 e. The number of rotatable bonds is 1. The molecule has 0 saturated carbocycles. The lowest BCUT2D eigenvalue weighted by Crippen LogP contribution is -2.54. The Balaban J connectivity index is 1.92. The van der Waals surface area contributed by atoms with Gasteiger partial charge < -0.3 is 4.90 Å². The first-order chi connectivity index (χ1) is 11.8. The lowest BCUT2D eigenvalue weighted by molar-refractivity contribution is 0.0977. The van der Waals surface area contributed by atoms with E-state index < -0.39 is 0 Å². The molecule has 128 valence electrons. The molecule has 0 unspecified atom stereocenters. The summed E-state index contributed by atoms with van der Waals surface area (Å²) >= 11 is 5.61. The summed E-state index contributed by atoms with van der Waals surface area (Å²) in [7, 11) is 0. The van der Waals surface area contributed by atoms with E-state index in [0.717, 1.165) is 16.8 Å². The van der Waals surface area contributed by atoms with Gasteiger partial charge in [0.1, 0.15) is 0 Å². The molecule has 1 amide bonds. The fourth-order valence-electron chi connectivity index (χ4n) is 3.37. The number of aryl methyl sites for hydroxylation is 1. The average Bonchev–Trinajstić information content (AvgIpc) is 2.54. The van der Waals surface area contributed by atoms with E-state index in [0.29, 0.717) is 10.7 Å². The molecule has 0 spiro atoms. The van der Waals surface area contributed by atoms with Gasteiger partial charge in [-0.1, -0.05) is 42.0 Å². The zero-order valence-electron chi connectivity index (χ0n) is 15.0. The van der Waals surface area contributed by atoms with E-state index in [4.69, 9.17) is 12.2 Å². The highest BCUT2D eigenvalue weighted by molar-refractivity contribution is 7.80. The molecule has 0 aliphatic carbocycles. The van der Waals surface area contributed by atoms with E-state index in [2.05, 4.69) is 38.2 Å². The van der Waals surface area contributed by atoms with Crippen molar-refractivity contribution >= 4 is 34.5 Å². The van der Waals surface area contributed by atoms with E-state index in [1.54, 1.807) is 6.07 Å². The third-order valence-electron chi connectivity index (χ3n) is 4.42. The van der Waals surface area contributed by atoms with E-state index in [9.17, 15) is 4.79 Å². The molecular formula is C21H22N2OS. The third-order valence-corrected chi connectivity index (χ3v) is 4.70. The monoisotopic (exact) mass is 350 g/mol. The topological polar surface area (TPSA) is 32.3 Å². The van der Waals surface area contributed by atoms with Gasteiger partial charge in [0.25, 0.3) is 5.91 Å². The van der Waals surface area contributed by atoms with Crippen LogP contribution in [0.2, 0.25) is 0 Å². The Morgan fingerprint density at radius 3 is 2.52 bits per heavy atom. The Morgan fingerprint density at radius 1 is 1.08 bits per heavy atom. The molecule has 0 saturated heterocycles. The molecule has 0 fully saturated rings. The molecule has 1 heterocycles. The second kappa shape index (κ2) is 6.45. The molecule has 25 heavy (non-hydrogen) atoms. The molecular weight excluding hydrogens is 328 g/mol. The zero-order valence-corrected chi connectivity index (χ0v) is 15.8. The first-order valence-corrected chi connectivity index (χ1v) is 8.71. The summed E-state index contributed by atoms with van der Waals surface area (Å²) in [5, 5.41) is 3.30. The predicted octanol–water partition coefficient (Wildman–Crippen LogP) is 4.71. The van der Waals surface area contributed by atoms with Gasteiger partial charge in [-0.05, 0) is 63.7 Å². The number of allylic oxidation sites excluding steroid dienone is 1. The van der Waals surface area contributed by atoms with Crippen molar-refractivity contribution in [2.45, 2.75) is 33.2 Å². The first kappa shape index (κ1) is 17.4. The molecule has 3 rings (SSSR count). The summed E-state index contributed by atoms with van der Waals surface area (Å²) in [6.45, 7) is 8.26. The number of hydrogen-bond acceptors (Lipinski definition) is 2. The van der Waals surface area contributed by atoms with Crippen molar-refractivity contribution in [2.75, 3.05) is 4.90 Å². The summed E-state index contributed by atoms with van der Waals surface area (Å²) < 4.78 is 0. The minimum atomic E-state index is -0.324. The van der Waals surface area contributed by atoms with Gasteiger partial charge in [0.2, 0.25) is 0 Å². The number of hydrogen-bond donors (Lipinski definition) is 1. The van der Waals surface area contributed by atoms with Gasteiger partial charge in [-0.25, -0.2) is 0 Å². The molecule has 0 bridgehead atoms. The van der Waals surface area contributed by atoms with E-state index in [1.165, 1.54) is 5.57 Å². The van der Waals surface area contributed by atoms with E-state index in [1.807, 2.05) is 48.2 Å². The van der Waals surface area contributed by atoms with Crippen molar-refractivity contribution in [3.63, 3.8) is 0 Å². The maximum Gasteiger partial charge on any atom is 0.257 e. The second-order valence-corrected chi connectivity index (χ2v) is 7.35. The van der Waals surface area contributed by atoms with Gasteiger partial charge in [0, 0.05) is 11.1 Å². The van der Waals surface area contributed by atoms with Gasteiger partial charge >= 0.3 is 0 Å². The van der Waals surface area contributed by atoms with Gasteiger partial charge in [-0.3, -0.25) is 10.1 Å². The standard InChI is InChI=1S/C21H22N2OS/c1-14-8-7-9-16(12-14)19(24)22-20(25)23-18-11-6-5-10-17(18)15(2)13-21(23,3)4/h5-13H,1-4H3,(H,22,24,25). The Bertz CT molecular complexity index is 883. The Hall–Kier alpha value is -2.46. The Labute approximate surface area is 154 Å². The molecule has 0 radical (unpaired) electrons. The third kappa shape index (κ3) is 3.35. The maximum atomic E-state index is 12.6. The summed E-state index contributed by atoms with van der Waals surface area (Å²) in [4.78, 5) is 14.6. The van der Waals surface area contributed by atoms with E-state index in [-0.39, 0.29) is 11.4 Å². The smallest absolute Gasteiger partial charge is 0.257 e. The molecule has 1 aliphatic rings. The van der Waals surface area contributed by atoms with Crippen LogP contribution >= 0.6 is 12.2 Å². The molecule has 2 aromatic carbocycles. The minimum Gasteiger partial charge on any atom is -0.309 e. The Morgan fingerprint density at radius 2 is 1.80 bits per heavy atom. The highest BCUT2D eigenvalue weighted by atomic mass is 32.1. The molecule has 3 nitrogen and oxygen atoms in total. The van der Waals surface area contributed by atoms with Crippen LogP contribution in [0.1, 0.15) is 42.3 Å². The molecule has 0 atom stereocenters. The lowest BCUT2D eigenvalue weighted by Gasteiger charge is -2.42. The molecule has 1 N–H and O–H groups in total. The number of fused-ring (bicyclic) bond motifs is 1. The number of para-hydroxylation sites is 1. The average molecular weight is 350 g/mol. The highest BCUT2D eigenvalue weighted by Gasteiger charge is 2.34. The molecule has 4 heteroatoms. The molecule has 0 aromatic heterocycles. The van der Waals surface area contributed by atoms with Crippen LogP contribution < -0.4 is 10.2 Å². The minimum absolute atomic E-state index is 0.187. The number of carbonyl (C=O) groups excluding carboxylic acids is 1. The van der Waals surface area contributed by atoms with Crippen LogP contribution in [0.3, 0.4) is 0 Å². The highest BCUT2D eigenvalue weighted by Crippen LogP contribution is 2.38. The molecule has 1 aliphatic heterocycles. The van der Waals surface area contributed by atoms with Gasteiger partial charge in [0.05, 0.1) is 11.2 Å². The quantitative estimate of drug-likeness (QED) is 0.756. The maximum absolute atomic E-state index is 12.6. The number of anilines is 1. The van der Waals surface area contributed by atoms with Crippen molar-refractivity contribution in [1.29, 1.82) is 0 Å². The summed E-state index contributed by atoms with van der Waals surface area (Å²) in [5.41, 5.74) is 4.69. The predicted molar refractivity (Wildman–Crippen MR) is 108 cm³/mol. The SMILES string of the molecule is CC1=CC(C)(C)N(C(=S)NC(=O)c2cccc(C)c2)c2ccccc21. The number of benzene rings is 2. The van der Waals surface area contributed by atoms with Crippen molar-refractivity contribution < 1.29 is 4.79 Å². The van der Waals surface area contributed by atoms with Gasteiger partial charge in [-0.15, -0.1) is 0 Å². The van der Waals surface area contributed by atoms with Gasteiger partial charge in [0.15, 0.2) is 5.11 Å². The number of nitrogens with zero attached hydrogens (tertiary/aromatic N) is 1. The second-order valence-electron chi connectivity index (χ2n) is 6.96. The van der Waals surface area contributed by atoms with Crippen LogP contribution in [0.4, 0.5) is 5.69 Å². The van der Waals surface area contributed by atoms with Crippen molar-refractivity contribution in [3.05, 3.63) is 71.3 Å². The Kier molecular flexibility index (Phi) is 4.48. The summed E-state index contributed by atoms with van der Waals surface area (Å²) in [5.74, 6) is -0.187. The number of carbonyl (C=O) groups is 1. The first-order valence-electron chi connectivity index (χ1n) is 8.31. The summed E-state index contributed by atoms with van der Waals surface area (Å²) in [6.07, 6.45) is 2.18. The normalized spacial score (nSPS) is 15.2. The molecule has 2 aromatic rings. The lowest BCUT2D eigenvalue weighted by atomic mass is 9.89. The van der Waals surface area contributed by atoms with Crippen LogP contribution in [-0.4, -0.2) is 16.6 Å². The van der Waals surface area contributed by atoms with Crippen molar-refractivity contribution in [2.24, 2.45) is 0 Å². The number of thiocarbonyl (C=S) groups is 1. The van der Waals surface area contributed by atoms with Crippen molar-refractivity contribution in [3.8, 4) is 0 Å². The van der Waals surface area contributed by atoms with Crippen LogP contribution in [0.5, 0.6) is 0 Å². The van der Waals surface area contributed by atoms with Gasteiger partial charge in [-0.2, -0.15) is 0 Å². The number of nitrogens with one attached hydrogen (secondary N) is 1.